The summed E-state index contributed by atoms with van der Waals surface area (Å²) in [6.45, 7) is 0.568. The van der Waals surface area contributed by atoms with Crippen molar-refractivity contribution >= 4 is 23.6 Å². The molecule has 0 aromatic rings. The number of carboxylic acid groups (broad SMARTS) is 1. The van der Waals surface area contributed by atoms with Gasteiger partial charge in [0.05, 0.1) is 70.0 Å². The standard InChI is InChI=1S/C74H132N2O31/c1-5-7-9-11-13-15-17-19-20-22-24-26-28-30-32-34-54(87)76-46(47(84)33-31-29-27-25-23-21-18-16-14-12-10-8-6-2)42-98-70-62(94)60(92)65(52(40-80)101-70)104-72-63(95)68(107-74(73(96)97)36-48(85)55(75-44(4)83)67(106-74)56(88)49(86)37-77)66(53(41-81)102-72)105-69-45(35-43(3)82)64(58(90)51(39-79)99-69)103-71-61(93)59(91)57(89)50(38-78)100-71/h15,17,45-53,55-72,77-81,84-86,88-95H,5-14,16,18-42H2,1-4H3,(H,75,83)(H,76,87)(H,96,97)/t45-,46+,47-,48+,49-,50-,51-,52-,53-,55-,56-,57+,58+,59+,60-,61-,62-,63-,64-,65-,66+,67?,68-,69+,70-,71+,72+,74+/m1/s1. The Kier molecular flexibility index (Phi) is 44.2. The van der Waals surface area contributed by atoms with Crippen LogP contribution in [0.25, 0.3) is 0 Å². The highest BCUT2D eigenvalue weighted by Gasteiger charge is 2.62. The highest BCUT2D eigenvalue weighted by molar-refractivity contribution is 5.77. The smallest absolute Gasteiger partial charge is 0.364 e. The van der Waals surface area contributed by atoms with Crippen molar-refractivity contribution < 1.29 is 153 Å². The van der Waals surface area contributed by atoms with Crippen LogP contribution in [0.2, 0.25) is 0 Å². The van der Waals surface area contributed by atoms with Gasteiger partial charge in [0.2, 0.25) is 11.8 Å². The normalized spacial score (nSPS) is 34.6. The molecule has 0 aliphatic carbocycles. The second-order valence-corrected chi connectivity index (χ2v) is 29.6. The molecule has 33 heteroatoms. The molecule has 33 nitrogen and oxygen atoms in total. The summed E-state index contributed by atoms with van der Waals surface area (Å²) in [4.78, 5) is 53.1. The van der Waals surface area contributed by atoms with Gasteiger partial charge in [-0.05, 0) is 45.4 Å². The van der Waals surface area contributed by atoms with Crippen LogP contribution in [0.3, 0.4) is 0 Å². The first-order valence-corrected chi connectivity index (χ1v) is 39.3. The number of ketones is 1. The number of nitrogens with one attached hydrogen (secondary N) is 2. The third kappa shape index (κ3) is 29.3. The Morgan fingerprint density at radius 2 is 0.972 bits per heavy atom. The number of hydrogen-bond acceptors (Lipinski definition) is 30. The molecule has 5 heterocycles. The van der Waals surface area contributed by atoms with E-state index in [9.17, 15) is 106 Å². The maximum atomic E-state index is 13.8. The van der Waals surface area contributed by atoms with Crippen molar-refractivity contribution in [2.45, 2.75) is 385 Å². The van der Waals surface area contributed by atoms with Crippen LogP contribution in [0.1, 0.15) is 220 Å². The van der Waals surface area contributed by atoms with Crippen LogP contribution in [0, 0.1) is 5.92 Å². The second kappa shape index (κ2) is 50.1. The molecule has 5 saturated heterocycles. The van der Waals surface area contributed by atoms with Crippen molar-refractivity contribution in [2.24, 2.45) is 5.92 Å². The summed E-state index contributed by atoms with van der Waals surface area (Å²) in [7, 11) is 0. The summed E-state index contributed by atoms with van der Waals surface area (Å²) in [6, 6.07) is -2.81. The minimum atomic E-state index is -3.36. The lowest BCUT2D eigenvalue weighted by Crippen LogP contribution is -2.71. The van der Waals surface area contributed by atoms with Gasteiger partial charge in [0.25, 0.3) is 5.79 Å². The van der Waals surface area contributed by atoms with E-state index in [1.165, 1.54) is 70.6 Å². The van der Waals surface area contributed by atoms with Crippen LogP contribution < -0.4 is 10.6 Å². The van der Waals surface area contributed by atoms with E-state index in [0.29, 0.717) is 12.8 Å². The number of carbonyl (C=O) groups excluding carboxylic acids is 3. The van der Waals surface area contributed by atoms with Crippen molar-refractivity contribution in [1.29, 1.82) is 0 Å². The lowest BCUT2D eigenvalue weighted by Gasteiger charge is -2.52. The van der Waals surface area contributed by atoms with E-state index in [0.717, 1.165) is 97.3 Å². The van der Waals surface area contributed by atoms with Crippen LogP contribution in [0.15, 0.2) is 12.2 Å². The number of rotatable bonds is 53. The largest absolute Gasteiger partial charge is 0.477 e. The number of aliphatic carboxylic acids is 1. The quantitative estimate of drug-likeness (QED) is 0.0282. The molecule has 107 heavy (non-hydrogen) atoms. The Morgan fingerprint density at radius 1 is 0.505 bits per heavy atom. The van der Waals surface area contributed by atoms with Crippen LogP contribution in [-0.4, -0.2) is 315 Å². The molecule has 0 bridgehead atoms. The molecule has 5 aliphatic rings. The molecule has 0 saturated carbocycles. The fourth-order valence-corrected chi connectivity index (χ4v) is 14.6. The summed E-state index contributed by atoms with van der Waals surface area (Å²) >= 11 is 0. The van der Waals surface area contributed by atoms with Gasteiger partial charge in [0.1, 0.15) is 110 Å². The van der Waals surface area contributed by atoms with E-state index in [1.807, 2.05) is 0 Å². The zero-order valence-electron chi connectivity index (χ0n) is 63.0. The molecule has 1 unspecified atom stereocenters. The highest BCUT2D eigenvalue weighted by atomic mass is 16.8. The molecule has 0 spiro atoms. The van der Waals surface area contributed by atoms with Gasteiger partial charge in [0, 0.05) is 32.1 Å². The first-order chi connectivity index (χ1) is 51.3. The van der Waals surface area contributed by atoms with Crippen LogP contribution >= 0.6 is 0 Å². The van der Waals surface area contributed by atoms with E-state index in [-0.39, 0.29) is 18.7 Å². The number of aliphatic hydroxyl groups is 16. The Morgan fingerprint density at radius 3 is 1.51 bits per heavy atom. The Labute approximate surface area is 628 Å². The first-order valence-electron chi connectivity index (χ1n) is 39.3. The molecule has 0 radical (unpaired) electrons. The van der Waals surface area contributed by atoms with Crippen LogP contribution in [0.4, 0.5) is 0 Å². The average molecular weight is 1550 g/mol. The van der Waals surface area contributed by atoms with Gasteiger partial charge in [-0.2, -0.15) is 0 Å². The zero-order chi connectivity index (χ0) is 78.8. The molecule has 5 fully saturated rings. The monoisotopic (exact) mass is 1540 g/mol. The summed E-state index contributed by atoms with van der Waals surface area (Å²) in [6.07, 6.45) is -17.2. The van der Waals surface area contributed by atoms with Gasteiger partial charge in [-0.25, -0.2) is 4.79 Å². The van der Waals surface area contributed by atoms with Crippen molar-refractivity contribution in [3.8, 4) is 0 Å². The number of carbonyl (C=O) groups is 4. The predicted molar refractivity (Wildman–Crippen MR) is 380 cm³/mol. The summed E-state index contributed by atoms with van der Waals surface area (Å²) in [5.41, 5.74) is 0. The van der Waals surface area contributed by atoms with Gasteiger partial charge in [-0.3, -0.25) is 9.59 Å². The lowest BCUT2D eigenvalue weighted by atomic mass is 9.86. The van der Waals surface area contributed by atoms with E-state index < -0.39 is 241 Å². The third-order valence-electron chi connectivity index (χ3n) is 20.9. The van der Waals surface area contributed by atoms with Crippen molar-refractivity contribution in [2.75, 3.05) is 39.6 Å². The molecule has 0 aromatic carbocycles. The third-order valence-corrected chi connectivity index (χ3v) is 20.9. The Balaban J connectivity index is 1.39. The molecule has 5 rings (SSSR count). The molecule has 19 N–H and O–H groups in total. The minimum Gasteiger partial charge on any atom is -0.477 e. The molecule has 2 amide bonds. The van der Waals surface area contributed by atoms with E-state index in [2.05, 4.69) is 36.6 Å². The lowest BCUT2D eigenvalue weighted by molar-refractivity contribution is -0.406. The van der Waals surface area contributed by atoms with E-state index in [1.54, 1.807) is 0 Å². The SMILES string of the molecule is CCCCCCC=CCCCCCCCCCC(=O)N[C@@H](CO[C@@H]1O[C@H](CO)[C@@H](O[C@@H]2O[C@H](CO)[C@H](O[C@@H]3O[C@H](CO)[C@H](O)[C@H](O[C@@H]4O[C@H](CO)[C@H](O)[C@H](O)[C@H]4O)[C@H]3CC(C)=O)[C@H](O[C@]3(C(=O)O)C[C@H](O)[C@@H](NC(C)=O)C([C@H](O)[C@H](O)CO)O3)[C@H]2O)[C@H](O)[C@H]1O)[C@H](O)CCCCCCCCCCCCCCC. The molecule has 5 aliphatic heterocycles. The molecule has 624 valence electrons. The van der Waals surface area contributed by atoms with Gasteiger partial charge < -0.3 is 150 Å². The summed E-state index contributed by atoms with van der Waals surface area (Å²) in [5, 5.41) is 195. The van der Waals surface area contributed by atoms with Crippen LogP contribution in [-0.2, 0) is 66.5 Å². The van der Waals surface area contributed by atoms with Gasteiger partial charge >= 0.3 is 5.97 Å². The molecular weight excluding hydrogens is 1410 g/mol. The minimum absolute atomic E-state index is 0.152. The maximum Gasteiger partial charge on any atom is 0.364 e. The number of Topliss-reactive ketones (excluding diaryl/α,β-unsaturated/α-hetero) is 1. The van der Waals surface area contributed by atoms with E-state index >= 15 is 0 Å². The summed E-state index contributed by atoms with van der Waals surface area (Å²) in [5.74, 6) is -9.04. The van der Waals surface area contributed by atoms with Gasteiger partial charge in [-0.1, -0.05) is 161 Å². The number of hydrogen-bond donors (Lipinski definition) is 19. The fraction of sp³-hybridized carbons (Fsp3) is 0.919. The number of amides is 2. The summed E-state index contributed by atoms with van der Waals surface area (Å²) < 4.78 is 60.4. The number of ether oxygens (including phenoxy) is 10. The predicted octanol–water partition coefficient (Wildman–Crippen LogP) is 0.0482. The number of unbranched alkanes of at least 4 members (excludes halogenated alkanes) is 23. The van der Waals surface area contributed by atoms with Gasteiger partial charge in [0.15, 0.2) is 25.2 Å². The van der Waals surface area contributed by atoms with Gasteiger partial charge in [-0.15, -0.1) is 0 Å². The number of allylic oxidation sites excluding steroid dienone is 2. The molecule has 28 atom stereocenters. The maximum absolute atomic E-state index is 13.8. The topological polar surface area (TPSA) is 529 Å². The molecular formula is C74H132N2O31. The number of aliphatic hydroxyl groups excluding tert-OH is 16. The highest BCUT2D eigenvalue weighted by Crippen LogP contribution is 2.42. The fourth-order valence-electron chi connectivity index (χ4n) is 14.6. The van der Waals surface area contributed by atoms with Crippen molar-refractivity contribution in [3.63, 3.8) is 0 Å². The molecule has 0 aromatic heterocycles. The average Bonchev–Trinajstić information content (AvgIpc) is 0.754. The zero-order valence-corrected chi connectivity index (χ0v) is 63.0. The number of carboxylic acids is 1. The Bertz CT molecular complexity index is 2500. The first kappa shape index (κ1) is 94.4. The van der Waals surface area contributed by atoms with Crippen molar-refractivity contribution in [3.05, 3.63) is 12.2 Å². The van der Waals surface area contributed by atoms with E-state index in [4.69, 9.17) is 47.4 Å². The Hall–Kier alpha value is -3.22. The second-order valence-electron chi connectivity index (χ2n) is 29.6. The van der Waals surface area contributed by atoms with Crippen LogP contribution in [0.5, 0.6) is 0 Å². The van der Waals surface area contributed by atoms with Crippen molar-refractivity contribution in [1.82, 2.24) is 10.6 Å².